The summed E-state index contributed by atoms with van der Waals surface area (Å²) in [5, 5.41) is 5.57. The summed E-state index contributed by atoms with van der Waals surface area (Å²) in [5.74, 6) is 0.234. The van der Waals surface area contributed by atoms with Crippen LogP contribution in [0.25, 0.3) is 5.03 Å². The molecule has 2 aromatic heterocycles. The maximum absolute atomic E-state index is 12.8. The number of halogens is 3. The third-order valence-electron chi connectivity index (χ3n) is 3.31. The van der Waals surface area contributed by atoms with E-state index in [4.69, 9.17) is 0 Å². The van der Waals surface area contributed by atoms with Gasteiger partial charge in [-0.05, 0) is 25.1 Å². The van der Waals surface area contributed by atoms with Crippen molar-refractivity contribution in [3.05, 3.63) is 58.0 Å². The molecule has 0 aliphatic carbocycles. The number of thiazole rings is 1. The van der Waals surface area contributed by atoms with Crippen molar-refractivity contribution < 1.29 is 13.2 Å². The fraction of sp³-hybridized carbons (Fsp3) is 0.188. The monoisotopic (exact) mass is 366 g/mol. The van der Waals surface area contributed by atoms with Crippen molar-refractivity contribution >= 4 is 22.1 Å². The Bertz CT molecular complexity index is 959. The van der Waals surface area contributed by atoms with Crippen molar-refractivity contribution in [2.45, 2.75) is 13.1 Å². The van der Waals surface area contributed by atoms with Gasteiger partial charge in [-0.15, -0.1) is 0 Å². The van der Waals surface area contributed by atoms with Crippen LogP contribution in [-0.4, -0.2) is 22.0 Å². The SMILES string of the molecule is CN=c1[nH]c(C)c[s+]1-c1ccnc(Nc2cccc(C(F)(F)F)c2)n1. The highest BCUT2D eigenvalue weighted by molar-refractivity contribution is 7.36. The van der Waals surface area contributed by atoms with Crippen LogP contribution in [0.4, 0.5) is 24.8 Å². The highest BCUT2D eigenvalue weighted by Crippen LogP contribution is 2.31. The zero-order valence-electron chi connectivity index (χ0n) is 13.4. The number of aryl methyl sites for hydroxylation is 1. The first-order valence-electron chi connectivity index (χ1n) is 7.29. The summed E-state index contributed by atoms with van der Waals surface area (Å²) < 4.78 is 38.4. The Morgan fingerprint density at radius 1 is 1.24 bits per heavy atom. The van der Waals surface area contributed by atoms with Crippen molar-refractivity contribution in [1.29, 1.82) is 0 Å². The van der Waals surface area contributed by atoms with Gasteiger partial charge in [0.2, 0.25) is 5.95 Å². The summed E-state index contributed by atoms with van der Waals surface area (Å²) in [6.07, 6.45) is -2.83. The van der Waals surface area contributed by atoms with E-state index in [0.29, 0.717) is 0 Å². The van der Waals surface area contributed by atoms with Crippen molar-refractivity contribution in [3.63, 3.8) is 0 Å². The topological polar surface area (TPSA) is 66.0 Å². The predicted octanol–water partition coefficient (Wildman–Crippen LogP) is 4.14. The van der Waals surface area contributed by atoms with Crippen LogP contribution in [0, 0.1) is 6.92 Å². The maximum Gasteiger partial charge on any atom is 0.416 e. The average Bonchev–Trinajstić information content (AvgIpc) is 2.96. The molecule has 1 unspecified atom stereocenters. The van der Waals surface area contributed by atoms with E-state index in [9.17, 15) is 13.2 Å². The van der Waals surface area contributed by atoms with Crippen molar-refractivity contribution in [2.75, 3.05) is 12.4 Å². The number of H-pyrrole nitrogens is 1. The molecule has 3 rings (SSSR count). The summed E-state index contributed by atoms with van der Waals surface area (Å²) in [5.41, 5.74) is 0.528. The van der Waals surface area contributed by atoms with Crippen molar-refractivity contribution in [3.8, 4) is 5.03 Å². The van der Waals surface area contributed by atoms with Gasteiger partial charge in [-0.3, -0.25) is 4.98 Å². The molecule has 0 amide bonds. The van der Waals surface area contributed by atoms with Gasteiger partial charge < -0.3 is 5.32 Å². The first-order valence-corrected chi connectivity index (χ1v) is 8.58. The van der Waals surface area contributed by atoms with E-state index in [1.165, 1.54) is 12.1 Å². The van der Waals surface area contributed by atoms with Crippen LogP contribution in [0.2, 0.25) is 0 Å². The van der Waals surface area contributed by atoms with Gasteiger partial charge in [-0.25, -0.2) is 9.98 Å². The molecule has 9 heteroatoms. The Morgan fingerprint density at radius 2 is 2.04 bits per heavy atom. The largest absolute Gasteiger partial charge is 0.416 e. The molecule has 1 atom stereocenters. The minimum Gasteiger partial charge on any atom is -0.324 e. The number of alkyl halides is 3. The Morgan fingerprint density at radius 3 is 2.76 bits per heavy atom. The lowest BCUT2D eigenvalue weighted by Crippen LogP contribution is -2.06. The minimum absolute atomic E-state index is 0.234. The van der Waals surface area contributed by atoms with Crippen LogP contribution in [0.15, 0.2) is 46.9 Å². The second-order valence-corrected chi connectivity index (χ2v) is 6.93. The molecule has 5 nitrogen and oxygen atoms in total. The molecule has 0 aliphatic rings. The quantitative estimate of drug-likeness (QED) is 0.685. The van der Waals surface area contributed by atoms with Gasteiger partial charge in [0.05, 0.1) is 21.7 Å². The molecule has 0 radical (unpaired) electrons. The van der Waals surface area contributed by atoms with Gasteiger partial charge in [0.15, 0.2) is 5.38 Å². The van der Waals surface area contributed by atoms with E-state index in [-0.39, 0.29) is 11.6 Å². The molecule has 130 valence electrons. The maximum atomic E-state index is 12.8. The van der Waals surface area contributed by atoms with E-state index in [0.717, 1.165) is 27.7 Å². The van der Waals surface area contributed by atoms with Crippen LogP contribution < -0.4 is 10.1 Å². The number of benzene rings is 1. The van der Waals surface area contributed by atoms with Crippen molar-refractivity contribution in [2.24, 2.45) is 4.99 Å². The first-order chi connectivity index (χ1) is 11.9. The Labute approximate surface area is 144 Å². The summed E-state index contributed by atoms with van der Waals surface area (Å²) in [6.45, 7) is 1.93. The Kier molecular flexibility index (Phi) is 4.58. The first kappa shape index (κ1) is 17.2. The molecule has 0 saturated carbocycles. The minimum atomic E-state index is -4.40. The molecule has 0 bridgehead atoms. The second-order valence-electron chi connectivity index (χ2n) is 5.21. The lowest BCUT2D eigenvalue weighted by molar-refractivity contribution is -0.137. The number of hydrogen-bond acceptors (Lipinski definition) is 4. The number of nitrogens with one attached hydrogen (secondary N) is 2. The van der Waals surface area contributed by atoms with Crippen LogP contribution >= 0.6 is 10.5 Å². The van der Waals surface area contributed by atoms with Crippen molar-refractivity contribution in [1.82, 2.24) is 15.0 Å². The molecular weight excluding hydrogens is 351 g/mol. The second kappa shape index (κ2) is 6.67. The molecule has 3 aromatic rings. The van der Waals surface area contributed by atoms with E-state index >= 15 is 0 Å². The van der Waals surface area contributed by atoms with Crippen LogP contribution in [0.1, 0.15) is 11.3 Å². The predicted molar refractivity (Wildman–Crippen MR) is 91.1 cm³/mol. The molecule has 0 spiro atoms. The summed E-state index contributed by atoms with van der Waals surface area (Å²) >= 11 is 0. The normalized spacial score (nSPS) is 13.2. The van der Waals surface area contributed by atoms with Gasteiger partial charge in [0, 0.05) is 25.0 Å². The van der Waals surface area contributed by atoms with Crippen LogP contribution in [0.5, 0.6) is 0 Å². The third-order valence-corrected chi connectivity index (χ3v) is 5.28. The third kappa shape index (κ3) is 3.87. The van der Waals surface area contributed by atoms with Gasteiger partial charge in [-0.1, -0.05) is 6.07 Å². The van der Waals surface area contributed by atoms with E-state index in [1.54, 1.807) is 19.3 Å². The number of rotatable bonds is 3. The zero-order chi connectivity index (χ0) is 18.0. The molecule has 2 N–H and O–H groups in total. The molecule has 0 saturated heterocycles. The number of anilines is 2. The highest BCUT2D eigenvalue weighted by Gasteiger charge is 2.30. The van der Waals surface area contributed by atoms with Crippen LogP contribution in [-0.2, 0) is 6.18 Å². The molecule has 0 fully saturated rings. The molecular formula is C16H15F3N5S+. The van der Waals surface area contributed by atoms with E-state index < -0.39 is 22.2 Å². The zero-order valence-corrected chi connectivity index (χ0v) is 14.2. The standard InChI is InChI=1S/C16H15F3N5S/c1-10-9-25(15(20-2)22-10)13-6-7-21-14(24-13)23-12-5-3-4-11(8-12)16(17,18)19/h3-9H,1-2H3,(H,20,22)(H,21,23,24)/q+1. The average molecular weight is 366 g/mol. The highest BCUT2D eigenvalue weighted by atomic mass is 32.2. The Balaban J connectivity index is 1.93. The number of hydrogen-bond donors (Lipinski definition) is 2. The molecule has 2 heterocycles. The Hall–Kier alpha value is -2.68. The van der Waals surface area contributed by atoms with Crippen LogP contribution in [0.3, 0.4) is 0 Å². The van der Waals surface area contributed by atoms with E-state index in [2.05, 4.69) is 25.3 Å². The number of nitrogens with zero attached hydrogens (tertiary/aromatic N) is 3. The van der Waals surface area contributed by atoms with Gasteiger partial charge >= 0.3 is 11.0 Å². The smallest absolute Gasteiger partial charge is 0.324 e. The lowest BCUT2D eigenvalue weighted by atomic mass is 10.2. The van der Waals surface area contributed by atoms with Gasteiger partial charge in [0.1, 0.15) is 0 Å². The molecule has 25 heavy (non-hydrogen) atoms. The molecule has 0 aliphatic heterocycles. The summed E-state index contributed by atoms with van der Waals surface area (Å²) in [4.78, 5) is 16.7. The van der Waals surface area contributed by atoms with E-state index in [1.807, 2.05) is 12.3 Å². The van der Waals surface area contributed by atoms with Gasteiger partial charge in [-0.2, -0.15) is 18.2 Å². The lowest BCUT2D eigenvalue weighted by Gasteiger charge is -2.09. The molecule has 1 aromatic carbocycles. The summed E-state index contributed by atoms with van der Waals surface area (Å²) in [6, 6.07) is 6.69. The van der Waals surface area contributed by atoms with Gasteiger partial charge in [0.25, 0.3) is 5.03 Å². The summed E-state index contributed by atoms with van der Waals surface area (Å²) in [7, 11) is 1.25. The number of aromatic amines is 1. The fourth-order valence-corrected chi connectivity index (χ4v) is 3.93. The fourth-order valence-electron chi connectivity index (χ4n) is 2.23. The number of aromatic nitrogens is 3.